The molecule has 1 heterocycles. The molecule has 0 amide bonds. The summed E-state index contributed by atoms with van der Waals surface area (Å²) >= 11 is 0. The summed E-state index contributed by atoms with van der Waals surface area (Å²) in [7, 11) is 3.68. The summed E-state index contributed by atoms with van der Waals surface area (Å²) in [4.78, 5) is 2.27. The van der Waals surface area contributed by atoms with E-state index < -0.39 is 0 Å². The molecule has 0 aromatic heterocycles. The number of ether oxygens (including phenoxy) is 2. The smallest absolute Gasteiger partial charge is 0.160 e. The Morgan fingerprint density at radius 2 is 1.66 bits per heavy atom. The maximum Gasteiger partial charge on any atom is 0.160 e. The van der Waals surface area contributed by atoms with Gasteiger partial charge in [0.05, 0.1) is 19.9 Å². The summed E-state index contributed by atoms with van der Waals surface area (Å²) < 4.78 is 11.0. The minimum absolute atomic E-state index is 0.0166. The first-order valence-electron chi connectivity index (χ1n) is 10.7. The summed E-state index contributed by atoms with van der Waals surface area (Å²) in [6.07, 6.45) is -0.0675. The van der Waals surface area contributed by atoms with Crippen LogP contribution >= 0.6 is 0 Å². The van der Waals surface area contributed by atoms with Crippen molar-refractivity contribution in [3.05, 3.63) is 108 Å². The SMILES string of the molecule is C=C.COc1cc(C(NCc2ccccc2)N(C)Cc2ccccc2)c(C2CO2)cc1O. The molecule has 5 nitrogen and oxygen atoms in total. The number of rotatable bonds is 9. The number of phenolic OH excluding ortho intramolecular Hbond substituents is 1. The van der Waals surface area contributed by atoms with E-state index in [0.717, 1.165) is 24.2 Å². The van der Waals surface area contributed by atoms with Gasteiger partial charge in [-0.3, -0.25) is 10.2 Å². The van der Waals surface area contributed by atoms with Crippen LogP contribution in [0.25, 0.3) is 0 Å². The zero-order valence-electron chi connectivity index (χ0n) is 18.8. The molecule has 3 aromatic rings. The second-order valence-electron chi connectivity index (χ2n) is 7.64. The molecule has 32 heavy (non-hydrogen) atoms. The van der Waals surface area contributed by atoms with Gasteiger partial charge in [0, 0.05) is 13.1 Å². The van der Waals surface area contributed by atoms with Crippen molar-refractivity contribution < 1.29 is 14.6 Å². The van der Waals surface area contributed by atoms with E-state index >= 15 is 0 Å². The highest BCUT2D eigenvalue weighted by molar-refractivity contribution is 5.49. The third-order valence-corrected chi connectivity index (χ3v) is 5.42. The van der Waals surface area contributed by atoms with Crippen LogP contribution in [0.15, 0.2) is 86.0 Å². The number of hydrogen-bond donors (Lipinski definition) is 2. The lowest BCUT2D eigenvalue weighted by Gasteiger charge is -2.31. The fourth-order valence-corrected chi connectivity index (χ4v) is 3.78. The summed E-state index contributed by atoms with van der Waals surface area (Å²) in [6, 6.07) is 24.5. The van der Waals surface area contributed by atoms with Gasteiger partial charge in [-0.2, -0.15) is 0 Å². The predicted octanol–water partition coefficient (Wildman–Crippen LogP) is 5.19. The van der Waals surface area contributed by atoms with Crippen molar-refractivity contribution in [3.63, 3.8) is 0 Å². The molecule has 0 radical (unpaired) electrons. The van der Waals surface area contributed by atoms with E-state index in [0.29, 0.717) is 12.4 Å². The number of epoxide rings is 1. The maximum absolute atomic E-state index is 10.3. The number of phenols is 1. The van der Waals surface area contributed by atoms with E-state index in [4.69, 9.17) is 9.47 Å². The van der Waals surface area contributed by atoms with E-state index in [9.17, 15) is 5.11 Å². The molecule has 1 aliphatic rings. The molecule has 1 fully saturated rings. The topological polar surface area (TPSA) is 57.3 Å². The number of nitrogens with zero attached hydrogens (tertiary/aromatic N) is 1. The lowest BCUT2D eigenvalue weighted by molar-refractivity contribution is 0.193. The maximum atomic E-state index is 10.3. The number of hydrogen-bond acceptors (Lipinski definition) is 5. The number of methoxy groups -OCH3 is 1. The van der Waals surface area contributed by atoms with E-state index in [1.807, 2.05) is 30.3 Å². The van der Waals surface area contributed by atoms with Crippen molar-refractivity contribution in [1.82, 2.24) is 10.2 Å². The Kier molecular flexibility index (Phi) is 8.45. The van der Waals surface area contributed by atoms with Gasteiger partial charge >= 0.3 is 0 Å². The van der Waals surface area contributed by atoms with Crippen LogP contribution in [-0.2, 0) is 17.8 Å². The Morgan fingerprint density at radius 3 is 2.22 bits per heavy atom. The molecule has 2 N–H and O–H groups in total. The zero-order chi connectivity index (χ0) is 22.9. The number of aromatic hydroxyl groups is 1. The van der Waals surface area contributed by atoms with E-state index in [1.165, 1.54) is 11.1 Å². The molecule has 1 saturated heterocycles. The van der Waals surface area contributed by atoms with Gasteiger partial charge in [-0.05, 0) is 41.4 Å². The van der Waals surface area contributed by atoms with Gasteiger partial charge in [0.1, 0.15) is 6.10 Å². The first kappa shape index (κ1) is 23.5. The molecule has 2 atom stereocenters. The minimum atomic E-state index is -0.0842. The summed E-state index contributed by atoms with van der Waals surface area (Å²) in [5.74, 6) is 0.605. The van der Waals surface area contributed by atoms with E-state index in [1.54, 1.807) is 13.2 Å². The first-order chi connectivity index (χ1) is 15.7. The summed E-state index contributed by atoms with van der Waals surface area (Å²) in [5, 5.41) is 14.0. The number of benzene rings is 3. The Labute approximate surface area is 190 Å². The highest BCUT2D eigenvalue weighted by atomic mass is 16.6. The molecule has 0 aliphatic carbocycles. The zero-order valence-corrected chi connectivity index (χ0v) is 18.8. The van der Waals surface area contributed by atoms with Gasteiger partial charge in [0.15, 0.2) is 11.5 Å². The second kappa shape index (κ2) is 11.5. The highest BCUT2D eigenvalue weighted by Crippen LogP contribution is 2.41. The molecule has 0 saturated carbocycles. The molecule has 0 bridgehead atoms. The Morgan fingerprint density at radius 1 is 1.06 bits per heavy atom. The number of nitrogens with one attached hydrogen (secondary N) is 1. The van der Waals surface area contributed by atoms with Crippen LogP contribution in [0.3, 0.4) is 0 Å². The van der Waals surface area contributed by atoms with Crippen molar-refractivity contribution in [1.29, 1.82) is 0 Å². The molecule has 5 heteroatoms. The Hall–Kier alpha value is -3.12. The first-order valence-corrected chi connectivity index (χ1v) is 10.7. The van der Waals surface area contributed by atoms with Crippen molar-refractivity contribution >= 4 is 0 Å². The van der Waals surface area contributed by atoms with Gasteiger partial charge in [0.2, 0.25) is 0 Å². The monoisotopic (exact) mass is 432 g/mol. The quantitative estimate of drug-likeness (QED) is 0.277. The normalized spacial score (nSPS) is 15.5. The lowest BCUT2D eigenvalue weighted by atomic mass is 9.99. The largest absolute Gasteiger partial charge is 0.504 e. The van der Waals surface area contributed by atoms with Gasteiger partial charge < -0.3 is 14.6 Å². The summed E-state index contributed by atoms with van der Waals surface area (Å²) in [6.45, 7) is 8.17. The van der Waals surface area contributed by atoms with Crippen molar-refractivity contribution in [2.24, 2.45) is 0 Å². The van der Waals surface area contributed by atoms with Crippen LogP contribution in [0.4, 0.5) is 0 Å². The lowest BCUT2D eigenvalue weighted by Crippen LogP contribution is -2.36. The van der Waals surface area contributed by atoms with Crippen molar-refractivity contribution in [2.45, 2.75) is 25.4 Å². The van der Waals surface area contributed by atoms with Crippen LogP contribution in [0.2, 0.25) is 0 Å². The fraction of sp³-hybridized carbons (Fsp3) is 0.259. The molecule has 3 aromatic carbocycles. The van der Waals surface area contributed by atoms with Crippen LogP contribution in [0.5, 0.6) is 11.5 Å². The van der Waals surface area contributed by atoms with Gasteiger partial charge in [-0.1, -0.05) is 60.7 Å². The average molecular weight is 433 g/mol. The average Bonchev–Trinajstić information content (AvgIpc) is 3.68. The van der Waals surface area contributed by atoms with Crippen LogP contribution in [-0.4, -0.2) is 30.8 Å². The van der Waals surface area contributed by atoms with Gasteiger partial charge in [-0.15, -0.1) is 13.2 Å². The van der Waals surface area contributed by atoms with Gasteiger partial charge in [0.25, 0.3) is 0 Å². The molecule has 4 rings (SSSR count). The Balaban J connectivity index is 0.00000141. The molecule has 0 spiro atoms. The molecule has 168 valence electrons. The second-order valence-corrected chi connectivity index (χ2v) is 7.64. The Bertz CT molecular complexity index is 975. The fourth-order valence-electron chi connectivity index (χ4n) is 3.78. The van der Waals surface area contributed by atoms with Gasteiger partial charge in [-0.25, -0.2) is 0 Å². The van der Waals surface area contributed by atoms with E-state index in [2.05, 4.69) is 66.8 Å². The predicted molar refractivity (Wildman–Crippen MR) is 129 cm³/mol. The third kappa shape index (κ3) is 5.98. The molecular formula is C27H32N2O3. The standard InChI is InChI=1S/C25H28N2O3.C2H4/c1-27(16-19-11-7-4-8-12-19)25(26-15-18-9-5-3-6-10-18)21-14-23(29-2)22(28)13-20(21)24-17-30-24;1-2/h3-14,24-26,28H,15-17H2,1-2H3;1-2H2. The molecule has 1 aliphatic heterocycles. The highest BCUT2D eigenvalue weighted by Gasteiger charge is 2.32. The summed E-state index contributed by atoms with van der Waals surface area (Å²) in [5.41, 5.74) is 4.51. The van der Waals surface area contributed by atoms with Crippen LogP contribution in [0.1, 0.15) is 34.5 Å². The van der Waals surface area contributed by atoms with Crippen molar-refractivity contribution in [2.75, 3.05) is 20.8 Å². The third-order valence-electron chi connectivity index (χ3n) is 5.42. The van der Waals surface area contributed by atoms with E-state index in [-0.39, 0.29) is 18.0 Å². The molecule has 2 unspecified atom stereocenters. The molecular weight excluding hydrogens is 400 g/mol. The van der Waals surface area contributed by atoms with Crippen LogP contribution < -0.4 is 10.1 Å². The van der Waals surface area contributed by atoms with Crippen LogP contribution in [0, 0.1) is 0 Å². The minimum Gasteiger partial charge on any atom is -0.504 e. The van der Waals surface area contributed by atoms with Crippen molar-refractivity contribution in [3.8, 4) is 11.5 Å².